The number of hydrazone groups is 1. The summed E-state index contributed by atoms with van der Waals surface area (Å²) in [5.41, 5.74) is 8.23. The van der Waals surface area contributed by atoms with E-state index >= 15 is 0 Å². The molecule has 1 saturated carbocycles. The van der Waals surface area contributed by atoms with Crippen molar-refractivity contribution in [1.29, 1.82) is 0 Å². The van der Waals surface area contributed by atoms with Gasteiger partial charge in [-0.3, -0.25) is 14.9 Å². The highest BCUT2D eigenvalue weighted by Gasteiger charge is 2.32. The fourth-order valence-corrected chi connectivity index (χ4v) is 7.16. The van der Waals surface area contributed by atoms with Gasteiger partial charge < -0.3 is 4.74 Å². The topological polar surface area (TPSA) is 40.4 Å². The second kappa shape index (κ2) is 14.8. The number of hydrogen-bond donors (Lipinski definition) is 0. The van der Waals surface area contributed by atoms with E-state index in [9.17, 15) is 0 Å². The summed E-state index contributed by atoms with van der Waals surface area (Å²) in [6.07, 6.45) is 20.8. The zero-order chi connectivity index (χ0) is 29.5. The van der Waals surface area contributed by atoms with Crippen molar-refractivity contribution in [3.05, 3.63) is 71.5 Å². The van der Waals surface area contributed by atoms with Gasteiger partial charge in [-0.1, -0.05) is 94.2 Å². The van der Waals surface area contributed by atoms with Crippen molar-refractivity contribution in [2.75, 3.05) is 19.9 Å². The summed E-state index contributed by atoms with van der Waals surface area (Å²) < 4.78 is 5.78. The van der Waals surface area contributed by atoms with E-state index in [0.29, 0.717) is 29.8 Å². The summed E-state index contributed by atoms with van der Waals surface area (Å²) in [6, 6.07) is 7.90. The lowest BCUT2D eigenvalue weighted by atomic mass is 9.81. The fourth-order valence-electron chi connectivity index (χ4n) is 7.16. The number of aryl methyl sites for hydroxylation is 1. The van der Waals surface area contributed by atoms with Crippen molar-refractivity contribution in [2.45, 2.75) is 111 Å². The predicted octanol–water partition coefficient (Wildman–Crippen LogP) is 8.45. The summed E-state index contributed by atoms with van der Waals surface area (Å²) in [5.74, 6) is 1.63. The minimum atomic E-state index is 0.367. The molecule has 2 atom stereocenters. The number of ether oxygens (including phenoxy) is 1. The third kappa shape index (κ3) is 7.71. The molecule has 42 heavy (non-hydrogen) atoms. The summed E-state index contributed by atoms with van der Waals surface area (Å²) in [5, 5.41) is 8.07. The maximum absolute atomic E-state index is 5.78. The molecule has 2 fully saturated rings. The molecular weight excluding hydrogens is 516 g/mol. The highest BCUT2D eigenvalue weighted by Crippen LogP contribution is 2.33. The van der Waals surface area contributed by atoms with Crippen molar-refractivity contribution in [1.82, 2.24) is 9.91 Å². The first-order chi connectivity index (χ1) is 20.4. The lowest BCUT2D eigenvalue weighted by Gasteiger charge is -2.42. The number of hydrogen-bond acceptors (Lipinski definition) is 5. The average molecular weight is 571 g/mol. The molecular formula is C37H54N4O. The lowest BCUT2D eigenvalue weighted by molar-refractivity contribution is 0.00316. The minimum absolute atomic E-state index is 0.367. The molecule has 2 aliphatic carbocycles. The number of benzene rings is 1. The Hall–Kier alpha value is -2.50. The number of fused-ring (bicyclic) bond motifs is 1. The van der Waals surface area contributed by atoms with Crippen LogP contribution in [-0.2, 0) is 11.3 Å². The van der Waals surface area contributed by atoms with Gasteiger partial charge in [-0.2, -0.15) is 5.10 Å². The minimum Gasteiger partial charge on any atom is -0.381 e. The number of allylic oxidation sites excluding steroid dienone is 2. The van der Waals surface area contributed by atoms with Crippen LogP contribution in [0.3, 0.4) is 0 Å². The second-order valence-corrected chi connectivity index (χ2v) is 13.4. The van der Waals surface area contributed by atoms with E-state index in [-0.39, 0.29) is 0 Å². The van der Waals surface area contributed by atoms with Crippen molar-refractivity contribution in [3.63, 3.8) is 0 Å². The Balaban J connectivity index is 1.37. The molecule has 228 valence electrons. The molecule has 0 spiro atoms. The zero-order valence-electron chi connectivity index (χ0n) is 26.7. The third-order valence-corrected chi connectivity index (χ3v) is 10.2. The Bertz CT molecular complexity index is 1180. The van der Waals surface area contributed by atoms with Crippen LogP contribution < -0.4 is 0 Å². The number of nitrogens with zero attached hydrogens (tertiary/aromatic N) is 4. The summed E-state index contributed by atoms with van der Waals surface area (Å²) >= 11 is 0. The molecule has 0 radical (unpaired) electrons. The fraction of sp³-hybridized carbons (Fsp3) is 0.622. The molecule has 1 saturated heterocycles. The van der Waals surface area contributed by atoms with Crippen molar-refractivity contribution >= 4 is 11.4 Å². The molecule has 5 nitrogen and oxygen atoms in total. The van der Waals surface area contributed by atoms with Crippen LogP contribution in [0.15, 0.2) is 64.9 Å². The maximum atomic E-state index is 5.78. The number of aliphatic imine (C=N–C) groups is 1. The average Bonchev–Trinajstić information content (AvgIpc) is 3.01. The molecule has 0 bridgehead atoms. The molecule has 1 aromatic carbocycles. The predicted molar refractivity (Wildman–Crippen MR) is 177 cm³/mol. The van der Waals surface area contributed by atoms with E-state index < -0.39 is 0 Å². The highest BCUT2D eigenvalue weighted by molar-refractivity contribution is 6.03. The zero-order valence-corrected chi connectivity index (χ0v) is 26.7. The summed E-state index contributed by atoms with van der Waals surface area (Å²) in [7, 11) is 0. The largest absolute Gasteiger partial charge is 0.381 e. The van der Waals surface area contributed by atoms with Crippen LogP contribution in [0.25, 0.3) is 0 Å². The lowest BCUT2D eigenvalue weighted by Crippen LogP contribution is -2.48. The van der Waals surface area contributed by atoms with E-state index in [1.807, 2.05) is 0 Å². The Morgan fingerprint density at radius 2 is 1.90 bits per heavy atom. The molecule has 0 N–H and O–H groups in total. The molecule has 2 heterocycles. The third-order valence-electron chi connectivity index (χ3n) is 10.2. The van der Waals surface area contributed by atoms with Crippen LogP contribution >= 0.6 is 0 Å². The molecule has 5 rings (SSSR count). The SMILES string of the molecule is C=CN=C(CCC1=CCC(N2Cc3cc(C)ccc3/C(C3CCCCC3)=N\N(C3CCOCC3)C2)C=C1)[C@@H](C)C(C)C. The Morgan fingerprint density at radius 1 is 1.12 bits per heavy atom. The van der Waals surface area contributed by atoms with Gasteiger partial charge in [0, 0.05) is 49.2 Å². The van der Waals surface area contributed by atoms with Crippen LogP contribution in [0.4, 0.5) is 0 Å². The van der Waals surface area contributed by atoms with Gasteiger partial charge in [0.25, 0.3) is 0 Å². The monoisotopic (exact) mass is 570 g/mol. The maximum Gasteiger partial charge on any atom is 0.0890 e. The van der Waals surface area contributed by atoms with Crippen molar-refractivity contribution in [2.24, 2.45) is 27.8 Å². The smallest absolute Gasteiger partial charge is 0.0890 e. The molecule has 5 heteroatoms. The molecule has 0 aromatic heterocycles. The Kier molecular flexibility index (Phi) is 10.9. The first kappa shape index (κ1) is 30.9. The van der Waals surface area contributed by atoms with Gasteiger partial charge in [-0.15, -0.1) is 0 Å². The highest BCUT2D eigenvalue weighted by atomic mass is 16.5. The standard InChI is InChI=1S/C37H54N4O/c1-6-38-36(29(5)27(2)3)19-15-30-13-16-33(17-14-30)40-25-32-24-28(4)12-18-35(32)37(31-10-8-7-9-11-31)39-41(26-40)34-20-22-42-23-21-34/h6,12-14,16,18,24,27,29,31,33-34H,1,7-11,15,17,19-23,25-26H2,2-5H3/b38-36?,39-37-/t29-,33?/m0/s1. The molecule has 4 aliphatic rings. The first-order valence-corrected chi connectivity index (χ1v) is 16.7. The normalized spacial score (nSPS) is 25.3. The van der Waals surface area contributed by atoms with Gasteiger partial charge in [0.15, 0.2) is 0 Å². The van der Waals surface area contributed by atoms with E-state index in [1.54, 1.807) is 6.20 Å². The summed E-state index contributed by atoms with van der Waals surface area (Å²) in [6.45, 7) is 16.5. The van der Waals surface area contributed by atoms with Gasteiger partial charge in [0.2, 0.25) is 0 Å². The van der Waals surface area contributed by atoms with E-state index in [2.05, 4.69) is 85.6 Å². The Morgan fingerprint density at radius 3 is 2.60 bits per heavy atom. The van der Waals surface area contributed by atoms with E-state index in [1.165, 1.54) is 65.8 Å². The molecule has 0 amide bonds. The van der Waals surface area contributed by atoms with Crippen LogP contribution in [-0.4, -0.2) is 53.3 Å². The van der Waals surface area contributed by atoms with Crippen LogP contribution in [0.5, 0.6) is 0 Å². The van der Waals surface area contributed by atoms with Gasteiger partial charge in [0.1, 0.15) is 0 Å². The molecule has 2 aliphatic heterocycles. The van der Waals surface area contributed by atoms with Gasteiger partial charge in [-0.25, -0.2) is 0 Å². The van der Waals surface area contributed by atoms with E-state index in [4.69, 9.17) is 9.84 Å². The van der Waals surface area contributed by atoms with Gasteiger partial charge >= 0.3 is 0 Å². The van der Waals surface area contributed by atoms with Crippen LogP contribution in [0.1, 0.15) is 102 Å². The van der Waals surface area contributed by atoms with Gasteiger partial charge in [0.05, 0.1) is 18.4 Å². The van der Waals surface area contributed by atoms with Gasteiger partial charge in [-0.05, 0) is 69.3 Å². The van der Waals surface area contributed by atoms with Crippen molar-refractivity contribution < 1.29 is 4.74 Å². The summed E-state index contributed by atoms with van der Waals surface area (Å²) in [4.78, 5) is 7.32. The van der Waals surface area contributed by atoms with E-state index in [0.717, 1.165) is 58.5 Å². The van der Waals surface area contributed by atoms with Crippen LogP contribution in [0, 0.1) is 24.7 Å². The number of rotatable bonds is 9. The van der Waals surface area contributed by atoms with Crippen molar-refractivity contribution in [3.8, 4) is 0 Å². The quantitative estimate of drug-likeness (QED) is 0.280. The molecule has 1 unspecified atom stereocenters. The van der Waals surface area contributed by atoms with Crippen LogP contribution in [0.2, 0.25) is 0 Å². The molecule has 1 aromatic rings. The first-order valence-electron chi connectivity index (χ1n) is 16.7. The Labute approximate surface area is 255 Å². The second-order valence-electron chi connectivity index (χ2n) is 13.4.